The Morgan fingerprint density at radius 2 is 2.00 bits per heavy atom. The van der Waals surface area contributed by atoms with Crippen LogP contribution in [0.1, 0.15) is 33.1 Å². The van der Waals surface area contributed by atoms with Gasteiger partial charge in [-0.15, -0.1) is 0 Å². The van der Waals surface area contributed by atoms with E-state index in [1.807, 2.05) is 12.1 Å². The van der Waals surface area contributed by atoms with Crippen molar-refractivity contribution in [1.29, 1.82) is 0 Å². The van der Waals surface area contributed by atoms with Crippen LogP contribution in [0.5, 0.6) is 0 Å². The topological polar surface area (TPSA) is 55.8 Å². The first-order valence-corrected chi connectivity index (χ1v) is 8.43. The van der Waals surface area contributed by atoms with Crippen LogP contribution in [0.3, 0.4) is 0 Å². The van der Waals surface area contributed by atoms with Crippen LogP contribution in [-0.2, 0) is 0 Å². The number of piperidine rings is 1. The van der Waals surface area contributed by atoms with E-state index in [9.17, 15) is 9.90 Å². The number of benzene rings is 1. The summed E-state index contributed by atoms with van der Waals surface area (Å²) in [7, 11) is 1.65. The highest BCUT2D eigenvalue weighted by Gasteiger charge is 2.20. The first kappa shape index (κ1) is 17.9. The molecule has 0 radical (unpaired) electrons. The van der Waals surface area contributed by atoms with Crippen molar-refractivity contribution in [3.05, 3.63) is 23.2 Å². The molecule has 0 aliphatic carbocycles. The highest BCUT2D eigenvalue weighted by atomic mass is 35.5. The third-order valence-electron chi connectivity index (χ3n) is 3.87. The number of rotatable bonds is 4. The van der Waals surface area contributed by atoms with Crippen molar-refractivity contribution < 1.29 is 9.90 Å². The zero-order valence-corrected chi connectivity index (χ0v) is 14.9. The lowest BCUT2D eigenvalue weighted by molar-refractivity contribution is 0.0550. The lowest BCUT2D eigenvalue weighted by Crippen LogP contribution is -2.41. The summed E-state index contributed by atoms with van der Waals surface area (Å²) in [5.41, 5.74) is 0.750. The van der Waals surface area contributed by atoms with E-state index in [2.05, 4.69) is 10.2 Å². The minimum atomic E-state index is -0.929. The lowest BCUT2D eigenvalue weighted by Gasteiger charge is -2.30. The molecule has 128 valence electrons. The number of anilines is 2. The maximum absolute atomic E-state index is 12.1. The molecular weight excluding hydrogens is 314 g/mol. The molecule has 0 atom stereocenters. The summed E-state index contributed by atoms with van der Waals surface area (Å²) >= 11 is 6.39. The molecule has 23 heavy (non-hydrogen) atoms. The molecule has 1 heterocycles. The number of hydrogen-bond acceptors (Lipinski definition) is 3. The van der Waals surface area contributed by atoms with Gasteiger partial charge in [-0.25, -0.2) is 4.79 Å². The molecule has 2 N–H and O–H groups in total. The zero-order chi connectivity index (χ0) is 17.0. The largest absolute Gasteiger partial charge is 0.389 e. The molecule has 1 aliphatic rings. The first-order valence-electron chi connectivity index (χ1n) is 8.05. The average Bonchev–Trinajstić information content (AvgIpc) is 2.46. The average molecular weight is 340 g/mol. The third-order valence-corrected chi connectivity index (χ3v) is 4.17. The predicted octanol–water partition coefficient (Wildman–Crippen LogP) is 3.56. The van der Waals surface area contributed by atoms with E-state index in [4.69, 9.17) is 11.6 Å². The Kier molecular flexibility index (Phi) is 5.76. The van der Waals surface area contributed by atoms with Crippen molar-refractivity contribution in [3.8, 4) is 0 Å². The van der Waals surface area contributed by atoms with Crippen LogP contribution in [0.2, 0.25) is 5.02 Å². The number of nitrogens with one attached hydrogen (secondary N) is 1. The summed E-state index contributed by atoms with van der Waals surface area (Å²) in [6.45, 7) is 5.64. The maximum Gasteiger partial charge on any atom is 0.321 e. The van der Waals surface area contributed by atoms with Gasteiger partial charge in [0.2, 0.25) is 0 Å². The standard InChI is InChI=1S/C17H26ClN3O2/c1-17(2,23)12-20(3)16(22)19-13-7-8-15(14(18)11-13)21-9-5-4-6-10-21/h7-8,11,23H,4-6,9-10,12H2,1-3H3,(H,19,22). The second-order valence-electron chi connectivity index (χ2n) is 6.81. The summed E-state index contributed by atoms with van der Waals surface area (Å²) in [5, 5.41) is 13.2. The SMILES string of the molecule is CN(CC(C)(C)O)C(=O)Nc1ccc(N2CCCCC2)c(Cl)c1. The Hall–Kier alpha value is -1.46. The fourth-order valence-electron chi connectivity index (χ4n) is 2.85. The molecule has 0 bridgehead atoms. The van der Waals surface area contributed by atoms with Crippen LogP contribution in [0.15, 0.2) is 18.2 Å². The third kappa shape index (κ3) is 5.29. The van der Waals surface area contributed by atoms with Crippen LogP contribution in [0.25, 0.3) is 0 Å². The van der Waals surface area contributed by atoms with Crippen molar-refractivity contribution in [1.82, 2.24) is 4.90 Å². The number of carbonyl (C=O) groups is 1. The Morgan fingerprint density at radius 3 is 2.57 bits per heavy atom. The van der Waals surface area contributed by atoms with Gasteiger partial charge in [-0.1, -0.05) is 11.6 Å². The van der Waals surface area contributed by atoms with Crippen LogP contribution >= 0.6 is 11.6 Å². The molecule has 2 amide bonds. The number of nitrogens with zero attached hydrogens (tertiary/aromatic N) is 2. The van der Waals surface area contributed by atoms with Crippen LogP contribution < -0.4 is 10.2 Å². The second kappa shape index (κ2) is 7.41. The number of likely N-dealkylation sites (N-methyl/N-ethyl adjacent to an activating group) is 1. The van der Waals surface area contributed by atoms with Gasteiger partial charge in [-0.05, 0) is 51.3 Å². The van der Waals surface area contributed by atoms with Gasteiger partial charge in [0.25, 0.3) is 0 Å². The van der Waals surface area contributed by atoms with Crippen molar-refractivity contribution in [2.45, 2.75) is 38.7 Å². The summed E-state index contributed by atoms with van der Waals surface area (Å²) < 4.78 is 0. The van der Waals surface area contributed by atoms with Gasteiger partial charge < -0.3 is 20.2 Å². The smallest absolute Gasteiger partial charge is 0.321 e. The highest BCUT2D eigenvalue weighted by molar-refractivity contribution is 6.33. The monoisotopic (exact) mass is 339 g/mol. The van der Waals surface area contributed by atoms with Crippen molar-refractivity contribution in [2.24, 2.45) is 0 Å². The van der Waals surface area contributed by atoms with Crippen LogP contribution in [0, 0.1) is 0 Å². The summed E-state index contributed by atoms with van der Waals surface area (Å²) in [6.07, 6.45) is 3.66. The van der Waals surface area contributed by atoms with E-state index in [0.29, 0.717) is 10.7 Å². The number of aliphatic hydroxyl groups is 1. The quantitative estimate of drug-likeness (QED) is 0.881. The molecular formula is C17H26ClN3O2. The van der Waals surface area contributed by atoms with E-state index < -0.39 is 5.60 Å². The molecule has 6 heteroatoms. The summed E-state index contributed by atoms with van der Waals surface area (Å²) in [6, 6.07) is 5.33. The number of hydrogen-bond donors (Lipinski definition) is 2. The molecule has 2 rings (SSSR count). The number of amides is 2. The van der Waals surface area contributed by atoms with Gasteiger partial charge in [0.05, 0.1) is 22.9 Å². The Labute approximate surface area is 143 Å². The van der Waals surface area contributed by atoms with E-state index in [0.717, 1.165) is 18.8 Å². The van der Waals surface area contributed by atoms with Gasteiger partial charge in [0.15, 0.2) is 0 Å². The number of urea groups is 1. The van der Waals surface area contributed by atoms with Crippen LogP contribution in [-0.4, -0.2) is 48.3 Å². The first-order chi connectivity index (χ1) is 10.8. The normalized spacial score (nSPS) is 15.4. The minimum absolute atomic E-state index is 0.248. The molecule has 1 aliphatic heterocycles. The second-order valence-corrected chi connectivity index (χ2v) is 7.22. The minimum Gasteiger partial charge on any atom is -0.389 e. The van der Waals surface area contributed by atoms with Crippen molar-refractivity contribution in [2.75, 3.05) is 36.9 Å². The van der Waals surface area contributed by atoms with E-state index in [-0.39, 0.29) is 12.6 Å². The Morgan fingerprint density at radius 1 is 1.35 bits per heavy atom. The molecule has 0 saturated carbocycles. The molecule has 0 aromatic heterocycles. The summed E-state index contributed by atoms with van der Waals surface area (Å²) in [4.78, 5) is 15.9. The highest BCUT2D eigenvalue weighted by Crippen LogP contribution is 2.30. The van der Waals surface area contributed by atoms with E-state index >= 15 is 0 Å². The zero-order valence-electron chi connectivity index (χ0n) is 14.1. The fraction of sp³-hybridized carbons (Fsp3) is 0.588. The molecule has 5 nitrogen and oxygen atoms in total. The van der Waals surface area contributed by atoms with Gasteiger partial charge >= 0.3 is 6.03 Å². The van der Waals surface area contributed by atoms with E-state index in [1.54, 1.807) is 27.0 Å². The molecule has 1 aromatic carbocycles. The Balaban J connectivity index is 2.01. The summed E-state index contributed by atoms with van der Waals surface area (Å²) in [5.74, 6) is 0. The van der Waals surface area contributed by atoms with Gasteiger partial charge in [0, 0.05) is 25.8 Å². The number of carbonyl (C=O) groups excluding carboxylic acids is 1. The van der Waals surface area contributed by atoms with Crippen molar-refractivity contribution >= 4 is 29.0 Å². The lowest BCUT2D eigenvalue weighted by atomic mass is 10.1. The number of halogens is 1. The predicted molar refractivity (Wildman–Crippen MR) is 95.5 cm³/mol. The Bertz CT molecular complexity index is 551. The maximum atomic E-state index is 12.1. The molecule has 1 fully saturated rings. The molecule has 1 saturated heterocycles. The molecule has 0 spiro atoms. The van der Waals surface area contributed by atoms with Gasteiger partial charge in [-0.2, -0.15) is 0 Å². The van der Waals surface area contributed by atoms with Crippen molar-refractivity contribution in [3.63, 3.8) is 0 Å². The van der Waals surface area contributed by atoms with E-state index in [1.165, 1.54) is 24.2 Å². The van der Waals surface area contributed by atoms with Gasteiger partial charge in [-0.3, -0.25) is 0 Å². The van der Waals surface area contributed by atoms with Crippen LogP contribution in [0.4, 0.5) is 16.2 Å². The molecule has 0 unspecified atom stereocenters. The fourth-order valence-corrected chi connectivity index (χ4v) is 3.15. The van der Waals surface area contributed by atoms with Gasteiger partial charge in [0.1, 0.15) is 0 Å². The molecule has 1 aromatic rings.